The normalized spacial score (nSPS) is 12.8. The molecule has 0 aliphatic heterocycles. The first-order valence-corrected chi connectivity index (χ1v) is 9.80. The average Bonchev–Trinajstić information content (AvgIpc) is 2.71. The van der Waals surface area contributed by atoms with Crippen LogP contribution in [0.15, 0.2) is 3.92 Å². The SMILES string of the molecule is CSCC[C@H](NC(=O)c1nc(Br)sc1C)C(=O)OC(C)(C)C. The molecule has 0 aliphatic carbocycles. The number of halogens is 1. The Morgan fingerprint density at radius 3 is 2.55 bits per heavy atom. The predicted octanol–water partition coefficient (Wildman–Crippen LogP) is 3.41. The van der Waals surface area contributed by atoms with Crippen LogP contribution in [0.25, 0.3) is 0 Å². The average molecular weight is 409 g/mol. The lowest BCUT2D eigenvalue weighted by Gasteiger charge is -2.24. The summed E-state index contributed by atoms with van der Waals surface area (Å²) in [6, 6.07) is -0.668. The number of nitrogens with one attached hydrogen (secondary N) is 1. The molecule has 0 saturated heterocycles. The van der Waals surface area contributed by atoms with Crippen LogP contribution in [0.3, 0.4) is 0 Å². The zero-order valence-corrected chi connectivity index (χ0v) is 16.6. The van der Waals surface area contributed by atoms with Gasteiger partial charge in [-0.15, -0.1) is 11.3 Å². The van der Waals surface area contributed by atoms with E-state index in [4.69, 9.17) is 4.74 Å². The molecule has 1 atom stereocenters. The number of amides is 1. The maximum atomic E-state index is 12.3. The minimum Gasteiger partial charge on any atom is -0.458 e. The van der Waals surface area contributed by atoms with Gasteiger partial charge in [0.2, 0.25) is 0 Å². The van der Waals surface area contributed by atoms with E-state index in [9.17, 15) is 9.59 Å². The summed E-state index contributed by atoms with van der Waals surface area (Å²) in [5.74, 6) is -0.0116. The molecule has 124 valence electrons. The monoisotopic (exact) mass is 408 g/mol. The molecule has 0 aromatic carbocycles. The van der Waals surface area contributed by atoms with E-state index in [0.29, 0.717) is 16.0 Å². The molecule has 0 bridgehead atoms. The smallest absolute Gasteiger partial charge is 0.329 e. The van der Waals surface area contributed by atoms with Crippen LogP contribution in [-0.2, 0) is 9.53 Å². The van der Waals surface area contributed by atoms with E-state index >= 15 is 0 Å². The summed E-state index contributed by atoms with van der Waals surface area (Å²) in [4.78, 5) is 29.5. The Kier molecular flexibility index (Phi) is 7.34. The lowest BCUT2D eigenvalue weighted by Crippen LogP contribution is -2.44. The van der Waals surface area contributed by atoms with Crippen molar-refractivity contribution in [3.05, 3.63) is 14.5 Å². The molecule has 8 heteroatoms. The van der Waals surface area contributed by atoms with Crippen LogP contribution in [0.2, 0.25) is 0 Å². The quantitative estimate of drug-likeness (QED) is 0.730. The minimum absolute atomic E-state index is 0.342. The molecule has 0 radical (unpaired) electrons. The fourth-order valence-electron chi connectivity index (χ4n) is 1.66. The van der Waals surface area contributed by atoms with Crippen LogP contribution in [-0.4, -0.2) is 40.5 Å². The molecule has 0 saturated carbocycles. The van der Waals surface area contributed by atoms with Crippen LogP contribution in [0.4, 0.5) is 0 Å². The second-order valence-electron chi connectivity index (χ2n) is 5.71. The Morgan fingerprint density at radius 1 is 1.45 bits per heavy atom. The Morgan fingerprint density at radius 2 is 2.09 bits per heavy atom. The second kappa shape index (κ2) is 8.31. The topological polar surface area (TPSA) is 68.3 Å². The van der Waals surface area contributed by atoms with Gasteiger partial charge in [0, 0.05) is 4.88 Å². The highest BCUT2D eigenvalue weighted by Gasteiger charge is 2.27. The van der Waals surface area contributed by atoms with E-state index < -0.39 is 17.6 Å². The van der Waals surface area contributed by atoms with Gasteiger partial charge in [-0.05, 0) is 62.1 Å². The van der Waals surface area contributed by atoms with Crippen LogP contribution in [0.1, 0.15) is 42.6 Å². The van der Waals surface area contributed by atoms with Gasteiger partial charge in [-0.3, -0.25) is 4.79 Å². The number of ether oxygens (including phenoxy) is 1. The van der Waals surface area contributed by atoms with Crippen molar-refractivity contribution < 1.29 is 14.3 Å². The third kappa shape index (κ3) is 6.26. The summed E-state index contributed by atoms with van der Waals surface area (Å²) in [5, 5.41) is 2.74. The first-order valence-electron chi connectivity index (χ1n) is 6.79. The highest BCUT2D eigenvalue weighted by molar-refractivity contribution is 9.11. The van der Waals surface area contributed by atoms with E-state index in [1.54, 1.807) is 32.5 Å². The van der Waals surface area contributed by atoms with Crippen molar-refractivity contribution in [1.82, 2.24) is 10.3 Å². The number of esters is 1. The number of nitrogens with zero attached hydrogens (tertiary/aromatic N) is 1. The van der Waals surface area contributed by atoms with Gasteiger partial charge in [-0.1, -0.05) is 0 Å². The van der Waals surface area contributed by atoms with Gasteiger partial charge in [0.05, 0.1) is 0 Å². The number of thiazole rings is 1. The minimum atomic E-state index is -0.668. The fourth-order valence-corrected chi connectivity index (χ4v) is 3.66. The molecule has 1 amide bonds. The highest BCUT2D eigenvalue weighted by Crippen LogP contribution is 2.22. The summed E-state index contributed by atoms with van der Waals surface area (Å²) in [6.07, 6.45) is 2.47. The zero-order chi connectivity index (χ0) is 16.9. The van der Waals surface area contributed by atoms with Crippen molar-refractivity contribution in [3.63, 3.8) is 0 Å². The summed E-state index contributed by atoms with van der Waals surface area (Å²) in [7, 11) is 0. The number of aryl methyl sites for hydroxylation is 1. The molecule has 1 heterocycles. The molecule has 0 unspecified atom stereocenters. The van der Waals surface area contributed by atoms with Gasteiger partial charge in [-0.25, -0.2) is 9.78 Å². The Hall–Kier alpha value is -0.600. The van der Waals surface area contributed by atoms with Gasteiger partial charge in [0.1, 0.15) is 17.3 Å². The molecule has 0 aliphatic rings. The van der Waals surface area contributed by atoms with E-state index in [1.807, 2.05) is 13.2 Å². The van der Waals surface area contributed by atoms with E-state index in [1.165, 1.54) is 11.3 Å². The van der Waals surface area contributed by atoms with Gasteiger partial charge in [-0.2, -0.15) is 11.8 Å². The number of rotatable bonds is 6. The van der Waals surface area contributed by atoms with E-state index in [0.717, 1.165) is 10.6 Å². The molecule has 1 N–H and O–H groups in total. The third-order valence-corrected chi connectivity index (χ3v) is 4.66. The summed E-state index contributed by atoms with van der Waals surface area (Å²) in [5.41, 5.74) is -0.242. The van der Waals surface area contributed by atoms with Crippen molar-refractivity contribution in [2.24, 2.45) is 0 Å². The Balaban J connectivity index is 2.82. The number of carbonyl (C=O) groups is 2. The van der Waals surface area contributed by atoms with Crippen molar-refractivity contribution in [1.29, 1.82) is 0 Å². The number of hydrogen-bond acceptors (Lipinski definition) is 6. The third-order valence-electron chi connectivity index (χ3n) is 2.59. The molecule has 1 aromatic rings. The Bertz CT molecular complexity index is 541. The fraction of sp³-hybridized carbons (Fsp3) is 0.643. The van der Waals surface area contributed by atoms with Crippen LogP contribution >= 0.6 is 39.0 Å². The van der Waals surface area contributed by atoms with Crippen LogP contribution < -0.4 is 5.32 Å². The number of thioether (sulfide) groups is 1. The molecular formula is C14H21BrN2O3S2. The molecule has 0 spiro atoms. The zero-order valence-electron chi connectivity index (χ0n) is 13.4. The van der Waals surface area contributed by atoms with Crippen LogP contribution in [0, 0.1) is 6.92 Å². The van der Waals surface area contributed by atoms with Gasteiger partial charge < -0.3 is 10.1 Å². The summed E-state index contributed by atoms with van der Waals surface area (Å²) >= 11 is 6.26. The van der Waals surface area contributed by atoms with Gasteiger partial charge >= 0.3 is 5.97 Å². The van der Waals surface area contributed by atoms with E-state index in [-0.39, 0.29) is 5.91 Å². The molecule has 22 heavy (non-hydrogen) atoms. The second-order valence-corrected chi connectivity index (χ2v) is 9.18. The molecule has 5 nitrogen and oxygen atoms in total. The standard InChI is InChI=1S/C14H21BrN2O3S2/c1-8-10(17-13(15)22-8)11(18)16-9(6-7-21-5)12(19)20-14(2,3)4/h9H,6-7H2,1-5H3,(H,16,18)/t9-/m0/s1. The van der Waals surface area contributed by atoms with Gasteiger partial charge in [0.15, 0.2) is 3.92 Å². The Labute approximate surface area is 147 Å². The van der Waals surface area contributed by atoms with Crippen molar-refractivity contribution in [2.45, 2.75) is 45.8 Å². The summed E-state index contributed by atoms with van der Waals surface area (Å²) < 4.78 is 6.03. The van der Waals surface area contributed by atoms with Crippen molar-refractivity contribution >= 4 is 50.9 Å². The molecule has 0 fully saturated rings. The molecule has 1 rings (SSSR count). The number of aromatic nitrogens is 1. The number of hydrogen-bond donors (Lipinski definition) is 1. The summed E-state index contributed by atoms with van der Waals surface area (Å²) in [6.45, 7) is 7.24. The number of carbonyl (C=O) groups excluding carboxylic acids is 2. The van der Waals surface area contributed by atoms with Crippen molar-refractivity contribution in [2.75, 3.05) is 12.0 Å². The van der Waals surface area contributed by atoms with Gasteiger partial charge in [0.25, 0.3) is 5.91 Å². The predicted molar refractivity (Wildman–Crippen MR) is 94.6 cm³/mol. The first kappa shape index (κ1) is 19.4. The van der Waals surface area contributed by atoms with Crippen LogP contribution in [0.5, 0.6) is 0 Å². The lowest BCUT2D eigenvalue weighted by molar-refractivity contribution is -0.157. The van der Waals surface area contributed by atoms with E-state index in [2.05, 4.69) is 26.2 Å². The maximum Gasteiger partial charge on any atom is 0.329 e. The molecule has 1 aromatic heterocycles. The largest absolute Gasteiger partial charge is 0.458 e. The van der Waals surface area contributed by atoms with Crippen molar-refractivity contribution in [3.8, 4) is 0 Å². The maximum absolute atomic E-state index is 12.3. The lowest BCUT2D eigenvalue weighted by atomic mass is 10.1. The first-order chi connectivity index (χ1) is 10.1. The highest BCUT2D eigenvalue weighted by atomic mass is 79.9. The molecular weight excluding hydrogens is 388 g/mol.